The smallest absolute Gasteiger partial charge is 0.248 e. The number of nitrogens with zero attached hydrogens (tertiary/aromatic N) is 1. The second-order valence-electron chi connectivity index (χ2n) is 6.58. The zero-order chi connectivity index (χ0) is 15.0. The van der Waals surface area contributed by atoms with Crippen LogP contribution in [0.5, 0.6) is 0 Å². The number of amides is 2. The monoisotopic (exact) mass is 286 g/mol. The maximum absolute atomic E-state index is 12.5. The molecule has 2 aliphatic rings. The van der Waals surface area contributed by atoms with Gasteiger partial charge in [0.05, 0.1) is 12.1 Å². The van der Waals surface area contributed by atoms with Crippen LogP contribution in [0.3, 0.4) is 0 Å². The van der Waals surface area contributed by atoms with E-state index in [0.29, 0.717) is 6.54 Å². The molecule has 1 aliphatic heterocycles. The van der Waals surface area contributed by atoms with E-state index in [1.54, 1.807) is 0 Å². The van der Waals surface area contributed by atoms with Gasteiger partial charge in [0.1, 0.15) is 0 Å². The van der Waals surface area contributed by atoms with Crippen molar-refractivity contribution in [1.82, 2.24) is 10.2 Å². The number of fused-ring (bicyclic) bond motifs is 1. The van der Waals surface area contributed by atoms with Crippen molar-refractivity contribution in [3.8, 4) is 0 Å². The number of rotatable bonds is 2. The fourth-order valence-corrected chi connectivity index (χ4v) is 3.37. The van der Waals surface area contributed by atoms with Gasteiger partial charge < -0.3 is 0 Å². The number of benzene rings is 1. The molecule has 1 unspecified atom stereocenters. The molecule has 1 aliphatic carbocycles. The number of piperazine rings is 1. The molecule has 1 aromatic carbocycles. The highest BCUT2D eigenvalue weighted by molar-refractivity contribution is 6.03. The number of nitrogens with one attached hydrogen (secondary N) is 1. The van der Waals surface area contributed by atoms with E-state index in [9.17, 15) is 9.59 Å². The van der Waals surface area contributed by atoms with Crippen LogP contribution in [0.4, 0.5) is 0 Å². The van der Waals surface area contributed by atoms with Gasteiger partial charge in [-0.3, -0.25) is 19.8 Å². The molecule has 1 aromatic rings. The van der Waals surface area contributed by atoms with Crippen molar-refractivity contribution in [3.05, 3.63) is 35.4 Å². The van der Waals surface area contributed by atoms with Gasteiger partial charge in [0.25, 0.3) is 0 Å². The van der Waals surface area contributed by atoms with Crippen LogP contribution in [0, 0.1) is 0 Å². The first-order chi connectivity index (χ1) is 9.99. The van der Waals surface area contributed by atoms with Crippen molar-refractivity contribution in [2.75, 3.05) is 13.1 Å². The molecule has 4 heteroatoms. The lowest BCUT2D eigenvalue weighted by atomic mass is 9.82. The summed E-state index contributed by atoms with van der Waals surface area (Å²) in [6.45, 7) is 4.43. The SMILES string of the molecule is CC1(C)NCC(=O)N(CC2CCCc3ccccc32)C1=O. The number of aryl methyl sites for hydroxylation is 1. The van der Waals surface area contributed by atoms with E-state index in [4.69, 9.17) is 0 Å². The molecule has 1 atom stereocenters. The minimum absolute atomic E-state index is 0.109. The molecule has 2 amide bonds. The lowest BCUT2D eigenvalue weighted by molar-refractivity contribution is -0.152. The summed E-state index contributed by atoms with van der Waals surface area (Å²) in [7, 11) is 0. The Kier molecular flexibility index (Phi) is 3.57. The zero-order valence-corrected chi connectivity index (χ0v) is 12.7. The van der Waals surface area contributed by atoms with Crippen molar-refractivity contribution in [3.63, 3.8) is 0 Å². The first-order valence-corrected chi connectivity index (χ1v) is 7.66. The molecular weight excluding hydrogens is 264 g/mol. The lowest BCUT2D eigenvalue weighted by Gasteiger charge is -2.39. The van der Waals surface area contributed by atoms with Gasteiger partial charge in [-0.1, -0.05) is 24.3 Å². The van der Waals surface area contributed by atoms with E-state index < -0.39 is 5.54 Å². The summed E-state index contributed by atoms with van der Waals surface area (Å²) >= 11 is 0. The van der Waals surface area contributed by atoms with Crippen LogP contribution in [-0.4, -0.2) is 35.3 Å². The van der Waals surface area contributed by atoms with Crippen LogP contribution in [-0.2, 0) is 16.0 Å². The summed E-state index contributed by atoms with van der Waals surface area (Å²) in [5.74, 6) is 0.0564. The lowest BCUT2D eigenvalue weighted by Crippen LogP contribution is -2.64. The average Bonchev–Trinajstić information content (AvgIpc) is 2.48. The molecular formula is C17H22N2O2. The fraction of sp³-hybridized carbons (Fsp3) is 0.529. The Hall–Kier alpha value is -1.68. The standard InChI is InChI=1S/C17H22N2O2/c1-17(2)16(21)19(15(20)10-18-17)11-13-8-5-7-12-6-3-4-9-14(12)13/h3-4,6,9,13,18H,5,7-8,10-11H2,1-2H3. The normalized spacial score (nSPS) is 24.9. The highest BCUT2D eigenvalue weighted by atomic mass is 16.2. The van der Waals surface area contributed by atoms with Gasteiger partial charge in [-0.2, -0.15) is 0 Å². The number of carbonyl (C=O) groups is 2. The van der Waals surface area contributed by atoms with E-state index in [1.165, 1.54) is 16.0 Å². The van der Waals surface area contributed by atoms with Crippen LogP contribution in [0.15, 0.2) is 24.3 Å². The summed E-state index contributed by atoms with van der Waals surface area (Å²) in [5.41, 5.74) is 2.02. The van der Waals surface area contributed by atoms with Crippen LogP contribution in [0.2, 0.25) is 0 Å². The first kappa shape index (κ1) is 14.3. The predicted molar refractivity (Wildman–Crippen MR) is 80.9 cm³/mol. The zero-order valence-electron chi connectivity index (χ0n) is 12.7. The number of carbonyl (C=O) groups excluding carboxylic acids is 2. The summed E-state index contributed by atoms with van der Waals surface area (Å²) in [4.78, 5) is 26.1. The van der Waals surface area contributed by atoms with Crippen molar-refractivity contribution in [1.29, 1.82) is 0 Å². The van der Waals surface area contributed by atoms with E-state index >= 15 is 0 Å². The van der Waals surface area contributed by atoms with Gasteiger partial charge in [-0.05, 0) is 44.2 Å². The largest absolute Gasteiger partial charge is 0.295 e. The van der Waals surface area contributed by atoms with E-state index in [1.807, 2.05) is 19.9 Å². The first-order valence-electron chi connectivity index (χ1n) is 7.66. The highest BCUT2D eigenvalue weighted by Crippen LogP contribution is 2.32. The Labute approximate surface area is 125 Å². The van der Waals surface area contributed by atoms with Gasteiger partial charge in [0.2, 0.25) is 11.8 Å². The topological polar surface area (TPSA) is 49.4 Å². The number of hydrogen-bond acceptors (Lipinski definition) is 3. The molecule has 0 aromatic heterocycles. The van der Waals surface area contributed by atoms with Crippen molar-refractivity contribution < 1.29 is 9.59 Å². The summed E-state index contributed by atoms with van der Waals surface area (Å²) in [6, 6.07) is 8.40. The Bertz CT molecular complexity index is 580. The Morgan fingerprint density at radius 1 is 1.29 bits per heavy atom. The fourth-order valence-electron chi connectivity index (χ4n) is 3.37. The maximum atomic E-state index is 12.5. The molecule has 1 N–H and O–H groups in total. The number of hydrogen-bond donors (Lipinski definition) is 1. The molecule has 1 fully saturated rings. The minimum atomic E-state index is -0.651. The third-order valence-corrected chi connectivity index (χ3v) is 4.66. The van der Waals surface area contributed by atoms with Gasteiger partial charge in [0.15, 0.2) is 0 Å². The van der Waals surface area contributed by atoms with Crippen LogP contribution in [0.25, 0.3) is 0 Å². The van der Waals surface area contributed by atoms with Gasteiger partial charge >= 0.3 is 0 Å². The molecule has 0 bridgehead atoms. The third-order valence-electron chi connectivity index (χ3n) is 4.66. The van der Waals surface area contributed by atoms with Crippen molar-refractivity contribution in [2.24, 2.45) is 0 Å². The van der Waals surface area contributed by atoms with Crippen LogP contribution in [0.1, 0.15) is 43.7 Å². The Balaban J connectivity index is 1.83. The van der Waals surface area contributed by atoms with Crippen LogP contribution < -0.4 is 5.32 Å². The Morgan fingerprint density at radius 2 is 2.05 bits per heavy atom. The average molecular weight is 286 g/mol. The van der Waals surface area contributed by atoms with Gasteiger partial charge in [-0.25, -0.2) is 0 Å². The molecule has 0 spiro atoms. The second kappa shape index (κ2) is 5.26. The third kappa shape index (κ3) is 2.60. The molecule has 0 radical (unpaired) electrons. The molecule has 1 heterocycles. The Morgan fingerprint density at radius 3 is 2.86 bits per heavy atom. The summed E-state index contributed by atoms with van der Waals surface area (Å²) in [5, 5.41) is 3.00. The summed E-state index contributed by atoms with van der Waals surface area (Å²) in [6.07, 6.45) is 3.27. The van der Waals surface area contributed by atoms with Crippen LogP contribution >= 0.6 is 0 Å². The van der Waals surface area contributed by atoms with E-state index in [0.717, 1.165) is 19.3 Å². The number of imide groups is 1. The molecule has 3 rings (SSSR count). The molecule has 0 saturated carbocycles. The van der Waals surface area contributed by atoms with E-state index in [-0.39, 0.29) is 24.3 Å². The molecule has 112 valence electrons. The van der Waals surface area contributed by atoms with Gasteiger partial charge in [-0.15, -0.1) is 0 Å². The highest BCUT2D eigenvalue weighted by Gasteiger charge is 2.40. The predicted octanol–water partition coefficient (Wildman–Crippen LogP) is 1.84. The summed E-state index contributed by atoms with van der Waals surface area (Å²) < 4.78 is 0. The minimum Gasteiger partial charge on any atom is -0.295 e. The van der Waals surface area contributed by atoms with Crippen molar-refractivity contribution >= 4 is 11.8 Å². The van der Waals surface area contributed by atoms with Gasteiger partial charge in [0, 0.05) is 12.5 Å². The quantitative estimate of drug-likeness (QED) is 0.844. The van der Waals surface area contributed by atoms with Crippen molar-refractivity contribution in [2.45, 2.75) is 44.6 Å². The molecule has 4 nitrogen and oxygen atoms in total. The molecule has 21 heavy (non-hydrogen) atoms. The maximum Gasteiger partial charge on any atom is 0.248 e. The second-order valence-corrected chi connectivity index (χ2v) is 6.58. The van der Waals surface area contributed by atoms with E-state index in [2.05, 4.69) is 23.5 Å². The molecule has 1 saturated heterocycles.